The van der Waals surface area contributed by atoms with E-state index in [-0.39, 0.29) is 12.5 Å². The number of hydrogen-bond acceptors (Lipinski definition) is 6. The van der Waals surface area contributed by atoms with E-state index in [9.17, 15) is 4.79 Å². The number of methoxy groups -OCH3 is 2. The molecule has 1 aromatic heterocycles. The predicted molar refractivity (Wildman–Crippen MR) is 68.2 cm³/mol. The average Bonchev–Trinajstić information content (AvgIpc) is 2.86. The third-order valence-electron chi connectivity index (χ3n) is 2.58. The second-order valence-corrected chi connectivity index (χ2v) is 3.98. The first-order valence-electron chi connectivity index (χ1n) is 6.06. The van der Waals surface area contributed by atoms with E-state index in [0.29, 0.717) is 38.5 Å². The summed E-state index contributed by atoms with van der Waals surface area (Å²) in [6.07, 6.45) is 1.67. The van der Waals surface area contributed by atoms with E-state index >= 15 is 0 Å². The minimum atomic E-state index is -0.0532. The van der Waals surface area contributed by atoms with Crippen molar-refractivity contribution in [2.24, 2.45) is 5.73 Å². The molecule has 0 aromatic carbocycles. The van der Waals surface area contributed by atoms with Crippen molar-refractivity contribution in [1.29, 1.82) is 0 Å². The standard InChI is InChI=1S/C11H21N5O3/c1-18-5-3-15(4-6-19-2)11(17)9-16-8-10(7-12)13-14-16/h8H,3-7,9,12H2,1-2H3. The Morgan fingerprint density at radius 1 is 1.37 bits per heavy atom. The van der Waals surface area contributed by atoms with Gasteiger partial charge in [-0.15, -0.1) is 5.10 Å². The molecule has 108 valence electrons. The van der Waals surface area contributed by atoms with Gasteiger partial charge in [-0.05, 0) is 0 Å². The summed E-state index contributed by atoms with van der Waals surface area (Å²) in [6, 6.07) is 0. The van der Waals surface area contributed by atoms with E-state index in [1.807, 2.05) is 0 Å². The summed E-state index contributed by atoms with van der Waals surface area (Å²) in [6.45, 7) is 2.47. The molecule has 0 fully saturated rings. The molecule has 0 saturated heterocycles. The number of ether oxygens (including phenoxy) is 2. The Hall–Kier alpha value is -1.51. The molecule has 1 amide bonds. The topological polar surface area (TPSA) is 95.5 Å². The molecule has 0 aliphatic rings. The molecule has 0 radical (unpaired) electrons. The number of carbonyl (C=O) groups excluding carboxylic acids is 1. The monoisotopic (exact) mass is 271 g/mol. The third kappa shape index (κ3) is 5.33. The second kappa shape index (κ2) is 8.57. The quantitative estimate of drug-likeness (QED) is 0.610. The lowest BCUT2D eigenvalue weighted by Crippen LogP contribution is -2.38. The zero-order valence-corrected chi connectivity index (χ0v) is 11.4. The van der Waals surface area contributed by atoms with Crippen molar-refractivity contribution in [2.45, 2.75) is 13.1 Å². The Kier molecular flexibility index (Phi) is 7.01. The molecule has 0 spiro atoms. The maximum absolute atomic E-state index is 12.1. The minimum absolute atomic E-state index is 0.0532. The largest absolute Gasteiger partial charge is 0.383 e. The van der Waals surface area contributed by atoms with Crippen LogP contribution in [0.25, 0.3) is 0 Å². The Labute approximate surface area is 112 Å². The fourth-order valence-electron chi connectivity index (χ4n) is 1.51. The molecule has 2 N–H and O–H groups in total. The molecule has 1 rings (SSSR count). The molecule has 8 heteroatoms. The van der Waals surface area contributed by atoms with Gasteiger partial charge < -0.3 is 20.1 Å². The molecule has 0 aliphatic heterocycles. The van der Waals surface area contributed by atoms with Gasteiger partial charge in [0.2, 0.25) is 5.91 Å². The number of carbonyl (C=O) groups is 1. The lowest BCUT2D eigenvalue weighted by Gasteiger charge is -2.21. The first kappa shape index (κ1) is 15.5. The van der Waals surface area contributed by atoms with Gasteiger partial charge in [-0.2, -0.15) is 0 Å². The van der Waals surface area contributed by atoms with E-state index in [1.165, 1.54) is 4.68 Å². The van der Waals surface area contributed by atoms with Crippen LogP contribution in [0.2, 0.25) is 0 Å². The molecule has 1 aromatic rings. The molecular formula is C11H21N5O3. The number of aromatic nitrogens is 3. The van der Waals surface area contributed by atoms with E-state index in [1.54, 1.807) is 25.3 Å². The van der Waals surface area contributed by atoms with Crippen molar-refractivity contribution < 1.29 is 14.3 Å². The van der Waals surface area contributed by atoms with Crippen molar-refractivity contribution in [1.82, 2.24) is 19.9 Å². The SMILES string of the molecule is COCCN(CCOC)C(=O)Cn1cc(CN)nn1. The number of nitrogens with zero attached hydrogens (tertiary/aromatic N) is 4. The van der Waals surface area contributed by atoms with Crippen LogP contribution in [0, 0.1) is 0 Å². The average molecular weight is 271 g/mol. The second-order valence-electron chi connectivity index (χ2n) is 3.98. The first-order valence-corrected chi connectivity index (χ1v) is 6.06. The molecule has 0 unspecified atom stereocenters. The maximum Gasteiger partial charge on any atom is 0.244 e. The van der Waals surface area contributed by atoms with Crippen LogP contribution in [-0.2, 0) is 27.4 Å². The summed E-state index contributed by atoms with van der Waals surface area (Å²) in [5.41, 5.74) is 6.10. The molecule has 19 heavy (non-hydrogen) atoms. The van der Waals surface area contributed by atoms with Crippen LogP contribution in [0.1, 0.15) is 5.69 Å². The van der Waals surface area contributed by atoms with Gasteiger partial charge in [0.25, 0.3) is 0 Å². The van der Waals surface area contributed by atoms with Crippen LogP contribution in [0.3, 0.4) is 0 Å². The maximum atomic E-state index is 12.1. The lowest BCUT2D eigenvalue weighted by atomic mass is 10.4. The summed E-state index contributed by atoms with van der Waals surface area (Å²) >= 11 is 0. The highest BCUT2D eigenvalue weighted by atomic mass is 16.5. The number of hydrogen-bond donors (Lipinski definition) is 1. The van der Waals surface area contributed by atoms with Gasteiger partial charge in [-0.3, -0.25) is 4.79 Å². The van der Waals surface area contributed by atoms with Crippen molar-refractivity contribution in [3.05, 3.63) is 11.9 Å². The zero-order chi connectivity index (χ0) is 14.1. The van der Waals surface area contributed by atoms with Gasteiger partial charge in [0, 0.05) is 33.9 Å². The van der Waals surface area contributed by atoms with Crippen LogP contribution >= 0.6 is 0 Å². The van der Waals surface area contributed by atoms with Gasteiger partial charge in [0.15, 0.2) is 0 Å². The van der Waals surface area contributed by atoms with Crippen LogP contribution < -0.4 is 5.73 Å². The highest BCUT2D eigenvalue weighted by molar-refractivity contribution is 5.75. The van der Waals surface area contributed by atoms with E-state index < -0.39 is 0 Å². The Balaban J connectivity index is 2.54. The number of amides is 1. The van der Waals surface area contributed by atoms with Crippen LogP contribution in [-0.4, -0.2) is 66.3 Å². The molecule has 0 saturated carbocycles. The fourth-order valence-corrected chi connectivity index (χ4v) is 1.51. The Morgan fingerprint density at radius 3 is 2.47 bits per heavy atom. The Morgan fingerprint density at radius 2 is 2.00 bits per heavy atom. The van der Waals surface area contributed by atoms with Gasteiger partial charge in [0.05, 0.1) is 25.1 Å². The van der Waals surface area contributed by atoms with Crippen LogP contribution in [0.15, 0.2) is 6.20 Å². The summed E-state index contributed by atoms with van der Waals surface area (Å²) in [4.78, 5) is 13.8. The van der Waals surface area contributed by atoms with Crippen molar-refractivity contribution >= 4 is 5.91 Å². The highest BCUT2D eigenvalue weighted by Crippen LogP contribution is 1.96. The van der Waals surface area contributed by atoms with Crippen molar-refractivity contribution in [2.75, 3.05) is 40.5 Å². The lowest BCUT2D eigenvalue weighted by molar-refractivity contribution is -0.133. The fraction of sp³-hybridized carbons (Fsp3) is 0.727. The first-order chi connectivity index (χ1) is 9.21. The van der Waals surface area contributed by atoms with E-state index in [2.05, 4.69) is 10.3 Å². The number of rotatable bonds is 9. The molecule has 1 heterocycles. The van der Waals surface area contributed by atoms with Gasteiger partial charge in [0.1, 0.15) is 6.54 Å². The van der Waals surface area contributed by atoms with Crippen molar-refractivity contribution in [3.63, 3.8) is 0 Å². The third-order valence-corrected chi connectivity index (χ3v) is 2.58. The smallest absolute Gasteiger partial charge is 0.244 e. The Bertz CT molecular complexity index is 374. The molecular weight excluding hydrogens is 250 g/mol. The van der Waals surface area contributed by atoms with E-state index in [4.69, 9.17) is 15.2 Å². The normalized spacial score (nSPS) is 10.7. The summed E-state index contributed by atoms with van der Waals surface area (Å²) in [5.74, 6) is -0.0532. The van der Waals surface area contributed by atoms with E-state index in [0.717, 1.165) is 0 Å². The summed E-state index contributed by atoms with van der Waals surface area (Å²) < 4.78 is 11.5. The molecule has 0 aliphatic carbocycles. The molecule has 0 atom stereocenters. The molecule has 0 bridgehead atoms. The van der Waals surface area contributed by atoms with Crippen LogP contribution in [0.4, 0.5) is 0 Å². The zero-order valence-electron chi connectivity index (χ0n) is 11.4. The highest BCUT2D eigenvalue weighted by Gasteiger charge is 2.14. The van der Waals surface area contributed by atoms with Gasteiger partial charge in [-0.25, -0.2) is 4.68 Å². The summed E-state index contributed by atoms with van der Waals surface area (Å²) in [5, 5.41) is 7.69. The summed E-state index contributed by atoms with van der Waals surface area (Å²) in [7, 11) is 3.20. The predicted octanol–water partition coefficient (Wildman–Crippen LogP) is -1.14. The van der Waals surface area contributed by atoms with Gasteiger partial charge >= 0.3 is 0 Å². The number of nitrogens with two attached hydrogens (primary N) is 1. The van der Waals surface area contributed by atoms with Crippen molar-refractivity contribution in [3.8, 4) is 0 Å². The van der Waals surface area contributed by atoms with Crippen LogP contribution in [0.5, 0.6) is 0 Å². The minimum Gasteiger partial charge on any atom is -0.383 e. The molecule has 8 nitrogen and oxygen atoms in total. The van der Waals surface area contributed by atoms with Gasteiger partial charge in [-0.1, -0.05) is 5.21 Å².